The highest BCUT2D eigenvalue weighted by atomic mass is 35.5. The number of amides is 1. The molecule has 2 heterocycles. The van der Waals surface area contributed by atoms with E-state index in [2.05, 4.69) is 0 Å². The van der Waals surface area contributed by atoms with Crippen molar-refractivity contribution in [3.05, 3.63) is 69.2 Å². The number of ether oxygens (including phenoxy) is 2. The zero-order chi connectivity index (χ0) is 22.1. The molecule has 2 fully saturated rings. The molecule has 0 aliphatic carbocycles. The van der Waals surface area contributed by atoms with Gasteiger partial charge in [-0.15, -0.1) is 0 Å². The number of methoxy groups -OCH3 is 1. The Balaban J connectivity index is 1.85. The van der Waals surface area contributed by atoms with Crippen LogP contribution in [0.1, 0.15) is 30.0 Å². The maximum Gasteiger partial charge on any atom is 0.295 e. The van der Waals surface area contributed by atoms with Gasteiger partial charge < -0.3 is 19.5 Å². The number of carbonyl (C=O) groups is 2. The minimum Gasteiger partial charge on any atom is -0.507 e. The van der Waals surface area contributed by atoms with Crippen LogP contribution < -0.4 is 4.74 Å². The molecule has 2 atom stereocenters. The SMILES string of the molecule is COc1cccc(C2/C(=C(/O)c3ccc(Cl)c(Cl)c3)C(=O)C(=O)N2CC2CCCO2)c1. The number of rotatable bonds is 5. The number of ketones is 1. The maximum atomic E-state index is 13.1. The van der Waals surface area contributed by atoms with Crippen LogP contribution >= 0.6 is 23.2 Å². The standard InChI is InChI=1S/C23H21Cl2NO5/c1-30-15-5-2-4-13(10-15)20-19(21(27)14-7-8-17(24)18(25)11-14)22(28)23(29)26(20)12-16-6-3-9-31-16/h2,4-5,7-8,10-11,16,20,27H,3,6,9,12H2,1H3/b21-19-. The minimum atomic E-state index is -0.784. The minimum absolute atomic E-state index is 0.00496. The number of Topliss-reactive ketones (excluding diaryl/α,β-unsaturated/α-hetero) is 1. The average molecular weight is 462 g/mol. The molecule has 2 aliphatic rings. The summed E-state index contributed by atoms with van der Waals surface area (Å²) in [6, 6.07) is 10.9. The first-order valence-electron chi connectivity index (χ1n) is 9.90. The van der Waals surface area contributed by atoms with Crippen LogP contribution in [0.4, 0.5) is 0 Å². The van der Waals surface area contributed by atoms with Gasteiger partial charge in [0, 0.05) is 18.7 Å². The molecule has 6 nitrogen and oxygen atoms in total. The van der Waals surface area contributed by atoms with E-state index in [1.165, 1.54) is 24.1 Å². The Morgan fingerprint density at radius 2 is 2.00 bits per heavy atom. The number of nitrogens with zero attached hydrogens (tertiary/aromatic N) is 1. The number of halogens is 2. The van der Waals surface area contributed by atoms with E-state index in [1.807, 2.05) is 0 Å². The van der Waals surface area contributed by atoms with Gasteiger partial charge in [-0.2, -0.15) is 0 Å². The summed E-state index contributed by atoms with van der Waals surface area (Å²) >= 11 is 12.1. The number of likely N-dealkylation sites (tertiary alicyclic amines) is 1. The van der Waals surface area contributed by atoms with E-state index >= 15 is 0 Å². The van der Waals surface area contributed by atoms with Gasteiger partial charge >= 0.3 is 0 Å². The van der Waals surface area contributed by atoms with Crippen LogP contribution in [-0.2, 0) is 14.3 Å². The molecular weight excluding hydrogens is 441 g/mol. The molecule has 2 aromatic rings. The Hall–Kier alpha value is -2.54. The van der Waals surface area contributed by atoms with Crippen molar-refractivity contribution in [2.45, 2.75) is 25.0 Å². The molecule has 0 spiro atoms. The molecule has 2 unspecified atom stereocenters. The first kappa shape index (κ1) is 21.7. The summed E-state index contributed by atoms with van der Waals surface area (Å²) in [6.45, 7) is 0.881. The molecule has 0 aromatic heterocycles. The number of hydrogen-bond acceptors (Lipinski definition) is 5. The Kier molecular flexibility index (Phi) is 6.23. The van der Waals surface area contributed by atoms with Gasteiger partial charge in [0.15, 0.2) is 0 Å². The van der Waals surface area contributed by atoms with Crippen LogP contribution in [-0.4, -0.2) is 48.1 Å². The molecule has 31 heavy (non-hydrogen) atoms. The second-order valence-electron chi connectivity index (χ2n) is 7.49. The summed E-state index contributed by atoms with van der Waals surface area (Å²) in [5.41, 5.74) is 0.949. The first-order chi connectivity index (χ1) is 14.9. The lowest BCUT2D eigenvalue weighted by Crippen LogP contribution is -2.36. The molecule has 8 heteroatoms. The molecule has 0 bridgehead atoms. The van der Waals surface area contributed by atoms with Crippen molar-refractivity contribution >= 4 is 40.7 Å². The van der Waals surface area contributed by atoms with Crippen molar-refractivity contribution in [2.24, 2.45) is 0 Å². The third-order valence-corrected chi connectivity index (χ3v) is 6.31. The highest BCUT2D eigenvalue weighted by Crippen LogP contribution is 2.41. The number of aliphatic hydroxyl groups excluding tert-OH is 1. The van der Waals surface area contributed by atoms with Gasteiger partial charge in [0.2, 0.25) is 0 Å². The van der Waals surface area contributed by atoms with Crippen LogP contribution in [0.3, 0.4) is 0 Å². The van der Waals surface area contributed by atoms with Gasteiger partial charge in [-0.25, -0.2) is 0 Å². The lowest BCUT2D eigenvalue weighted by molar-refractivity contribution is -0.140. The van der Waals surface area contributed by atoms with Crippen molar-refractivity contribution in [3.8, 4) is 5.75 Å². The van der Waals surface area contributed by atoms with Gasteiger partial charge in [0.05, 0.1) is 34.9 Å². The Bertz CT molecular complexity index is 1060. The van der Waals surface area contributed by atoms with Crippen molar-refractivity contribution in [2.75, 3.05) is 20.3 Å². The van der Waals surface area contributed by atoms with E-state index in [0.717, 1.165) is 12.8 Å². The number of benzene rings is 2. The molecule has 162 valence electrons. The fourth-order valence-corrected chi connectivity index (χ4v) is 4.33. The summed E-state index contributed by atoms with van der Waals surface area (Å²) in [6.07, 6.45) is 1.55. The highest BCUT2D eigenvalue weighted by Gasteiger charge is 2.47. The second-order valence-corrected chi connectivity index (χ2v) is 8.31. The summed E-state index contributed by atoms with van der Waals surface area (Å²) in [5, 5.41) is 11.6. The van der Waals surface area contributed by atoms with E-state index in [-0.39, 0.29) is 29.0 Å². The summed E-state index contributed by atoms with van der Waals surface area (Å²) in [7, 11) is 1.54. The molecule has 2 aliphatic heterocycles. The third kappa shape index (κ3) is 4.15. The van der Waals surface area contributed by atoms with Gasteiger partial charge in [-0.3, -0.25) is 9.59 Å². The summed E-state index contributed by atoms with van der Waals surface area (Å²) < 4.78 is 11.0. The van der Waals surface area contributed by atoms with Crippen molar-refractivity contribution in [3.63, 3.8) is 0 Å². The normalized spacial score (nSPS) is 22.9. The zero-order valence-electron chi connectivity index (χ0n) is 16.8. The van der Waals surface area contributed by atoms with E-state index in [4.69, 9.17) is 32.7 Å². The smallest absolute Gasteiger partial charge is 0.295 e. The third-order valence-electron chi connectivity index (χ3n) is 5.57. The van der Waals surface area contributed by atoms with Gasteiger partial charge in [0.25, 0.3) is 11.7 Å². The van der Waals surface area contributed by atoms with Crippen LogP contribution in [0, 0.1) is 0 Å². The molecule has 2 aromatic carbocycles. The Morgan fingerprint density at radius 1 is 1.19 bits per heavy atom. The number of hydrogen-bond donors (Lipinski definition) is 1. The molecular formula is C23H21Cl2NO5. The molecule has 4 rings (SSSR count). The zero-order valence-corrected chi connectivity index (χ0v) is 18.3. The largest absolute Gasteiger partial charge is 0.507 e. The quantitative estimate of drug-likeness (QED) is 0.399. The monoisotopic (exact) mass is 461 g/mol. The maximum absolute atomic E-state index is 13.1. The predicted molar refractivity (Wildman–Crippen MR) is 117 cm³/mol. The molecule has 2 saturated heterocycles. The predicted octanol–water partition coefficient (Wildman–Crippen LogP) is 4.60. The lowest BCUT2D eigenvalue weighted by atomic mass is 9.95. The van der Waals surface area contributed by atoms with E-state index in [0.29, 0.717) is 28.5 Å². The van der Waals surface area contributed by atoms with Gasteiger partial charge in [0.1, 0.15) is 11.5 Å². The van der Waals surface area contributed by atoms with E-state index < -0.39 is 17.7 Å². The Morgan fingerprint density at radius 3 is 2.68 bits per heavy atom. The van der Waals surface area contributed by atoms with Crippen LogP contribution in [0.2, 0.25) is 10.0 Å². The first-order valence-corrected chi connectivity index (χ1v) is 10.7. The molecule has 1 amide bonds. The lowest BCUT2D eigenvalue weighted by Gasteiger charge is -2.27. The van der Waals surface area contributed by atoms with Crippen LogP contribution in [0.5, 0.6) is 5.75 Å². The fraction of sp³-hybridized carbons (Fsp3) is 0.304. The van der Waals surface area contributed by atoms with Crippen LogP contribution in [0.25, 0.3) is 5.76 Å². The van der Waals surface area contributed by atoms with E-state index in [1.54, 1.807) is 30.3 Å². The van der Waals surface area contributed by atoms with Crippen molar-refractivity contribution in [1.82, 2.24) is 4.90 Å². The molecule has 0 saturated carbocycles. The fourth-order valence-electron chi connectivity index (χ4n) is 4.03. The number of aliphatic hydroxyl groups is 1. The van der Waals surface area contributed by atoms with Crippen molar-refractivity contribution < 1.29 is 24.2 Å². The number of carbonyl (C=O) groups excluding carboxylic acids is 2. The van der Waals surface area contributed by atoms with Crippen LogP contribution in [0.15, 0.2) is 48.0 Å². The highest BCUT2D eigenvalue weighted by molar-refractivity contribution is 6.47. The Labute approximate surface area is 190 Å². The summed E-state index contributed by atoms with van der Waals surface area (Å²) in [5.74, 6) is -1.16. The second kappa shape index (κ2) is 8.91. The van der Waals surface area contributed by atoms with Gasteiger partial charge in [-0.05, 0) is 48.7 Å². The van der Waals surface area contributed by atoms with E-state index in [9.17, 15) is 14.7 Å². The van der Waals surface area contributed by atoms with Gasteiger partial charge in [-0.1, -0.05) is 35.3 Å². The summed E-state index contributed by atoms with van der Waals surface area (Å²) in [4.78, 5) is 27.5. The van der Waals surface area contributed by atoms with Crippen molar-refractivity contribution in [1.29, 1.82) is 0 Å². The average Bonchev–Trinajstić information content (AvgIpc) is 3.37. The molecule has 0 radical (unpaired) electrons. The molecule has 1 N–H and O–H groups in total. The topological polar surface area (TPSA) is 76.1 Å².